The molecule has 1 N–H and O–H groups in total. The van der Waals surface area contributed by atoms with Gasteiger partial charge in [0.2, 0.25) is 11.8 Å². The lowest BCUT2D eigenvalue weighted by molar-refractivity contribution is -0.132. The zero-order chi connectivity index (χ0) is 12.8. The predicted molar refractivity (Wildman–Crippen MR) is 67.5 cm³/mol. The summed E-state index contributed by atoms with van der Waals surface area (Å²) in [5.41, 5.74) is 0. The Labute approximate surface area is 104 Å². The Bertz CT molecular complexity index is 279. The summed E-state index contributed by atoms with van der Waals surface area (Å²) < 4.78 is 0. The number of carbonyl (C=O) groups excluding carboxylic acids is 2. The molecule has 0 aromatic heterocycles. The number of hydrogen-bond donors (Lipinski definition) is 1. The monoisotopic (exact) mass is 240 g/mol. The molecule has 1 fully saturated rings. The minimum atomic E-state index is -0.00496. The summed E-state index contributed by atoms with van der Waals surface area (Å²) in [5.74, 6) is 0.639. The van der Waals surface area contributed by atoms with Gasteiger partial charge in [-0.1, -0.05) is 19.8 Å². The van der Waals surface area contributed by atoms with Crippen LogP contribution in [0.1, 0.15) is 46.5 Å². The Morgan fingerprint density at radius 1 is 1.29 bits per heavy atom. The van der Waals surface area contributed by atoms with Gasteiger partial charge in [0.05, 0.1) is 0 Å². The number of amides is 2. The van der Waals surface area contributed by atoms with Crippen molar-refractivity contribution in [2.75, 3.05) is 13.1 Å². The van der Waals surface area contributed by atoms with Crippen molar-refractivity contribution in [3.8, 4) is 0 Å². The topological polar surface area (TPSA) is 49.4 Å². The number of unbranched alkanes of at least 4 members (excludes halogenated alkanes) is 1. The van der Waals surface area contributed by atoms with Crippen molar-refractivity contribution in [3.05, 3.63) is 0 Å². The first-order chi connectivity index (χ1) is 8.02. The maximum Gasteiger partial charge on any atom is 0.219 e. The number of likely N-dealkylation sites (tertiary alicyclic amines) is 1. The van der Waals surface area contributed by atoms with Crippen LogP contribution in [0, 0.1) is 5.92 Å². The average molecular weight is 240 g/mol. The summed E-state index contributed by atoms with van der Waals surface area (Å²) in [6.45, 7) is 6.83. The van der Waals surface area contributed by atoms with Gasteiger partial charge < -0.3 is 10.2 Å². The normalized spacial score (nSPS) is 24.5. The number of rotatable bonds is 4. The van der Waals surface area contributed by atoms with E-state index in [2.05, 4.69) is 12.2 Å². The fourth-order valence-corrected chi connectivity index (χ4v) is 2.55. The lowest BCUT2D eigenvalue weighted by atomic mass is 9.90. The van der Waals surface area contributed by atoms with Gasteiger partial charge in [-0.2, -0.15) is 0 Å². The van der Waals surface area contributed by atoms with Crippen LogP contribution >= 0.6 is 0 Å². The van der Waals surface area contributed by atoms with Gasteiger partial charge in [-0.15, -0.1) is 0 Å². The summed E-state index contributed by atoms with van der Waals surface area (Å²) in [6, 6.07) is 0.131. The van der Waals surface area contributed by atoms with Crippen molar-refractivity contribution >= 4 is 11.8 Å². The fraction of sp³-hybridized carbons (Fsp3) is 0.846. The van der Waals surface area contributed by atoms with Crippen LogP contribution in [-0.4, -0.2) is 35.8 Å². The molecule has 1 rings (SSSR count). The van der Waals surface area contributed by atoms with E-state index in [9.17, 15) is 9.59 Å². The molecule has 1 aliphatic heterocycles. The van der Waals surface area contributed by atoms with Crippen LogP contribution < -0.4 is 5.32 Å². The minimum absolute atomic E-state index is 0.00496. The fourth-order valence-electron chi connectivity index (χ4n) is 2.55. The summed E-state index contributed by atoms with van der Waals surface area (Å²) in [4.78, 5) is 24.4. The summed E-state index contributed by atoms with van der Waals surface area (Å²) >= 11 is 0. The third-order valence-electron chi connectivity index (χ3n) is 3.36. The van der Waals surface area contributed by atoms with E-state index >= 15 is 0 Å². The smallest absolute Gasteiger partial charge is 0.219 e. The van der Waals surface area contributed by atoms with Crippen LogP contribution in [0.2, 0.25) is 0 Å². The number of piperidine rings is 1. The summed E-state index contributed by atoms with van der Waals surface area (Å²) in [5, 5.41) is 2.94. The molecule has 0 aromatic carbocycles. The number of nitrogens with one attached hydrogen (secondary N) is 1. The van der Waals surface area contributed by atoms with Gasteiger partial charge in [-0.3, -0.25) is 9.59 Å². The third kappa shape index (κ3) is 4.75. The van der Waals surface area contributed by atoms with E-state index in [4.69, 9.17) is 0 Å². The maximum atomic E-state index is 11.5. The minimum Gasteiger partial charge on any atom is -0.352 e. The molecule has 2 amide bonds. The highest BCUT2D eigenvalue weighted by atomic mass is 16.2. The quantitative estimate of drug-likeness (QED) is 0.810. The van der Waals surface area contributed by atoms with Crippen LogP contribution in [0.3, 0.4) is 0 Å². The van der Waals surface area contributed by atoms with Gasteiger partial charge in [0.1, 0.15) is 0 Å². The van der Waals surface area contributed by atoms with Crippen molar-refractivity contribution in [2.24, 2.45) is 5.92 Å². The molecule has 2 atom stereocenters. The lowest BCUT2D eigenvalue weighted by Gasteiger charge is -2.37. The van der Waals surface area contributed by atoms with Gasteiger partial charge in [0.25, 0.3) is 0 Å². The Kier molecular flexibility index (Phi) is 5.45. The van der Waals surface area contributed by atoms with E-state index in [1.54, 1.807) is 6.92 Å². The molecule has 17 heavy (non-hydrogen) atoms. The van der Waals surface area contributed by atoms with Crippen molar-refractivity contribution in [1.29, 1.82) is 0 Å². The molecule has 1 heterocycles. The van der Waals surface area contributed by atoms with E-state index in [1.807, 2.05) is 4.90 Å². The highest BCUT2D eigenvalue weighted by molar-refractivity contribution is 5.74. The Hall–Kier alpha value is -1.06. The Morgan fingerprint density at radius 3 is 2.53 bits per heavy atom. The molecule has 0 saturated carbocycles. The lowest BCUT2D eigenvalue weighted by Crippen LogP contribution is -2.51. The molecule has 1 aliphatic rings. The first-order valence-electron chi connectivity index (χ1n) is 6.55. The van der Waals surface area contributed by atoms with Gasteiger partial charge in [0, 0.05) is 33.0 Å². The Morgan fingerprint density at radius 2 is 2.00 bits per heavy atom. The van der Waals surface area contributed by atoms with Gasteiger partial charge in [-0.25, -0.2) is 0 Å². The van der Waals surface area contributed by atoms with Crippen LogP contribution in [0.15, 0.2) is 0 Å². The largest absolute Gasteiger partial charge is 0.352 e. The zero-order valence-electron chi connectivity index (χ0n) is 11.2. The number of nitrogens with zero attached hydrogens (tertiary/aromatic N) is 1. The molecule has 4 nitrogen and oxygen atoms in total. The molecule has 0 aliphatic carbocycles. The predicted octanol–water partition coefficient (Wildman–Crippen LogP) is 1.55. The van der Waals surface area contributed by atoms with Crippen LogP contribution in [-0.2, 0) is 9.59 Å². The second-order valence-corrected chi connectivity index (χ2v) is 5.07. The molecular formula is C13H24N2O2. The number of hydrogen-bond acceptors (Lipinski definition) is 2. The Balaban J connectivity index is 2.55. The third-order valence-corrected chi connectivity index (χ3v) is 3.36. The summed E-state index contributed by atoms with van der Waals surface area (Å²) in [6.07, 6.45) is 4.53. The highest BCUT2D eigenvalue weighted by Gasteiger charge is 2.28. The van der Waals surface area contributed by atoms with Gasteiger partial charge >= 0.3 is 0 Å². The molecule has 0 bridgehead atoms. The number of carbonyl (C=O) groups is 2. The molecule has 1 saturated heterocycles. The molecule has 98 valence electrons. The van der Waals surface area contributed by atoms with Gasteiger partial charge in [-0.05, 0) is 18.8 Å². The van der Waals surface area contributed by atoms with Crippen molar-refractivity contribution in [1.82, 2.24) is 10.2 Å². The van der Waals surface area contributed by atoms with Crippen LogP contribution in [0.25, 0.3) is 0 Å². The average Bonchev–Trinajstić information content (AvgIpc) is 2.25. The van der Waals surface area contributed by atoms with Crippen LogP contribution in [0.5, 0.6) is 0 Å². The highest BCUT2D eigenvalue weighted by Crippen LogP contribution is 2.22. The van der Waals surface area contributed by atoms with E-state index in [-0.39, 0.29) is 17.9 Å². The molecule has 0 aromatic rings. The molecule has 2 unspecified atom stereocenters. The molecule has 4 heteroatoms. The van der Waals surface area contributed by atoms with E-state index in [0.717, 1.165) is 19.4 Å². The van der Waals surface area contributed by atoms with Crippen molar-refractivity contribution < 1.29 is 9.59 Å². The molecular weight excluding hydrogens is 216 g/mol. The SMILES string of the molecule is CCCCC1CC(NC(C)=O)CN(C(C)=O)C1. The zero-order valence-corrected chi connectivity index (χ0v) is 11.2. The van der Waals surface area contributed by atoms with Gasteiger partial charge in [0.15, 0.2) is 0 Å². The van der Waals surface area contributed by atoms with E-state index < -0.39 is 0 Å². The van der Waals surface area contributed by atoms with Crippen LogP contribution in [0.4, 0.5) is 0 Å². The second kappa shape index (κ2) is 6.62. The standard InChI is InChI=1S/C13H24N2O2/c1-4-5-6-12-7-13(14-10(2)16)9-15(8-12)11(3)17/h12-13H,4-9H2,1-3H3,(H,14,16). The molecule has 0 radical (unpaired) electrons. The van der Waals surface area contributed by atoms with E-state index in [0.29, 0.717) is 12.5 Å². The first kappa shape index (κ1) is 14.0. The van der Waals surface area contributed by atoms with E-state index in [1.165, 1.54) is 19.8 Å². The summed E-state index contributed by atoms with van der Waals surface area (Å²) in [7, 11) is 0. The maximum absolute atomic E-state index is 11.5. The van der Waals surface area contributed by atoms with Crippen molar-refractivity contribution in [2.45, 2.75) is 52.5 Å². The molecule has 0 spiro atoms. The second-order valence-electron chi connectivity index (χ2n) is 5.07. The van der Waals surface area contributed by atoms with Crippen molar-refractivity contribution in [3.63, 3.8) is 0 Å². The first-order valence-corrected chi connectivity index (χ1v) is 6.55.